The zero-order valence-electron chi connectivity index (χ0n) is 9.82. The number of nitrogens with zero attached hydrogens (tertiary/aromatic N) is 1. The number of hydrogen-bond acceptors (Lipinski definition) is 3. The van der Waals surface area contributed by atoms with Crippen molar-refractivity contribution in [3.8, 4) is 11.3 Å². The number of benzene rings is 1. The van der Waals surface area contributed by atoms with Crippen LogP contribution in [0.2, 0.25) is 0 Å². The Hall–Kier alpha value is -1.19. The minimum Gasteiger partial charge on any atom is -0.320 e. The van der Waals surface area contributed by atoms with Crippen molar-refractivity contribution in [2.45, 2.75) is 26.3 Å². The average molecular weight is 232 g/mol. The maximum absolute atomic E-state index is 6.03. The molecule has 2 nitrogen and oxygen atoms in total. The van der Waals surface area contributed by atoms with E-state index in [2.05, 4.69) is 29.4 Å². The Balaban J connectivity index is 2.44. The molecule has 0 atom stereocenters. The van der Waals surface area contributed by atoms with Gasteiger partial charge in [-0.1, -0.05) is 24.3 Å². The second-order valence-corrected chi connectivity index (χ2v) is 5.43. The highest BCUT2D eigenvalue weighted by atomic mass is 32.1. The highest BCUT2D eigenvalue weighted by Gasteiger charge is 2.19. The summed E-state index contributed by atoms with van der Waals surface area (Å²) in [7, 11) is 0. The van der Waals surface area contributed by atoms with Gasteiger partial charge >= 0.3 is 0 Å². The van der Waals surface area contributed by atoms with Gasteiger partial charge in [-0.3, -0.25) is 0 Å². The Labute approximate surface area is 100 Å². The Morgan fingerprint density at radius 3 is 2.50 bits per heavy atom. The van der Waals surface area contributed by atoms with Crippen LogP contribution in [0.1, 0.15) is 24.4 Å². The Bertz CT molecular complexity index is 495. The molecule has 2 aromatic rings. The van der Waals surface area contributed by atoms with Gasteiger partial charge in [0.15, 0.2) is 0 Å². The number of aryl methyl sites for hydroxylation is 1. The van der Waals surface area contributed by atoms with Crippen LogP contribution in [0.3, 0.4) is 0 Å². The van der Waals surface area contributed by atoms with Crippen molar-refractivity contribution in [3.05, 3.63) is 40.2 Å². The number of rotatable bonds is 2. The van der Waals surface area contributed by atoms with Gasteiger partial charge in [0, 0.05) is 10.9 Å². The minimum atomic E-state index is -0.356. The van der Waals surface area contributed by atoms with Crippen LogP contribution >= 0.6 is 11.3 Å². The number of thiazole rings is 1. The van der Waals surface area contributed by atoms with E-state index in [0.717, 1.165) is 10.7 Å². The molecule has 0 unspecified atom stereocenters. The summed E-state index contributed by atoms with van der Waals surface area (Å²) in [4.78, 5) is 4.61. The first-order valence-corrected chi connectivity index (χ1v) is 6.17. The second kappa shape index (κ2) is 4.00. The van der Waals surface area contributed by atoms with Crippen LogP contribution in [0.25, 0.3) is 11.3 Å². The van der Waals surface area contributed by atoms with Gasteiger partial charge in [0.05, 0.1) is 11.2 Å². The number of hydrogen-bond donors (Lipinski definition) is 1. The fourth-order valence-corrected chi connectivity index (χ4v) is 2.41. The Kier molecular flexibility index (Phi) is 2.82. The van der Waals surface area contributed by atoms with E-state index in [1.54, 1.807) is 11.3 Å². The molecule has 0 aliphatic rings. The average Bonchev–Trinajstić information content (AvgIpc) is 2.66. The van der Waals surface area contributed by atoms with Crippen molar-refractivity contribution < 1.29 is 0 Å². The SMILES string of the molecule is Cc1ccccc1-c1csc(C(C)(C)N)n1. The standard InChI is InChI=1S/C13H16N2S/c1-9-6-4-5-7-10(9)11-8-16-12(15-11)13(2,3)14/h4-8H,14H2,1-3H3. The molecule has 2 N–H and O–H groups in total. The lowest BCUT2D eigenvalue weighted by Gasteiger charge is -2.14. The first-order chi connectivity index (χ1) is 7.48. The van der Waals surface area contributed by atoms with Gasteiger partial charge in [-0.2, -0.15) is 0 Å². The summed E-state index contributed by atoms with van der Waals surface area (Å²) >= 11 is 1.62. The van der Waals surface area contributed by atoms with E-state index in [4.69, 9.17) is 5.73 Å². The predicted molar refractivity (Wildman–Crippen MR) is 69.5 cm³/mol. The first kappa shape index (κ1) is 11.3. The van der Waals surface area contributed by atoms with Gasteiger partial charge in [0.2, 0.25) is 0 Å². The molecular weight excluding hydrogens is 216 g/mol. The van der Waals surface area contributed by atoms with Crippen LogP contribution in [0.5, 0.6) is 0 Å². The van der Waals surface area contributed by atoms with Crippen LogP contribution in [0.4, 0.5) is 0 Å². The van der Waals surface area contributed by atoms with Gasteiger partial charge in [-0.05, 0) is 26.3 Å². The summed E-state index contributed by atoms with van der Waals surface area (Å²) in [6.07, 6.45) is 0. The van der Waals surface area contributed by atoms with Crippen LogP contribution in [-0.2, 0) is 5.54 Å². The normalized spacial score (nSPS) is 11.8. The first-order valence-electron chi connectivity index (χ1n) is 5.29. The van der Waals surface area contributed by atoms with Gasteiger partial charge in [0.1, 0.15) is 5.01 Å². The molecule has 0 saturated carbocycles. The van der Waals surface area contributed by atoms with Crippen LogP contribution in [-0.4, -0.2) is 4.98 Å². The molecule has 0 aliphatic carbocycles. The smallest absolute Gasteiger partial charge is 0.113 e. The molecule has 84 valence electrons. The number of aromatic nitrogens is 1. The maximum Gasteiger partial charge on any atom is 0.113 e. The molecule has 1 aromatic heterocycles. The van der Waals surface area contributed by atoms with Crippen molar-refractivity contribution >= 4 is 11.3 Å². The second-order valence-electron chi connectivity index (χ2n) is 4.57. The molecule has 16 heavy (non-hydrogen) atoms. The molecule has 3 heteroatoms. The third-order valence-corrected chi connectivity index (χ3v) is 3.66. The predicted octanol–water partition coefficient (Wildman–Crippen LogP) is 3.31. The summed E-state index contributed by atoms with van der Waals surface area (Å²) in [5, 5.41) is 3.05. The molecule has 1 aromatic carbocycles. The zero-order valence-corrected chi connectivity index (χ0v) is 10.6. The van der Waals surface area contributed by atoms with E-state index in [9.17, 15) is 0 Å². The van der Waals surface area contributed by atoms with E-state index in [0.29, 0.717) is 0 Å². The summed E-state index contributed by atoms with van der Waals surface area (Å²) in [5.41, 5.74) is 9.14. The van der Waals surface area contributed by atoms with Crippen molar-refractivity contribution in [1.29, 1.82) is 0 Å². The van der Waals surface area contributed by atoms with Crippen molar-refractivity contribution in [2.75, 3.05) is 0 Å². The molecule has 0 radical (unpaired) electrons. The molecule has 0 bridgehead atoms. The largest absolute Gasteiger partial charge is 0.320 e. The molecule has 0 spiro atoms. The van der Waals surface area contributed by atoms with E-state index >= 15 is 0 Å². The van der Waals surface area contributed by atoms with E-state index in [-0.39, 0.29) is 5.54 Å². The summed E-state index contributed by atoms with van der Waals surface area (Å²) in [5.74, 6) is 0. The molecule has 0 aliphatic heterocycles. The maximum atomic E-state index is 6.03. The lowest BCUT2D eigenvalue weighted by Crippen LogP contribution is -2.28. The molecule has 1 heterocycles. The van der Waals surface area contributed by atoms with Gasteiger partial charge in [-0.25, -0.2) is 4.98 Å². The number of nitrogens with two attached hydrogens (primary N) is 1. The minimum absolute atomic E-state index is 0.356. The summed E-state index contributed by atoms with van der Waals surface area (Å²) in [6.45, 7) is 6.06. The van der Waals surface area contributed by atoms with E-state index < -0.39 is 0 Å². The van der Waals surface area contributed by atoms with Crippen molar-refractivity contribution in [1.82, 2.24) is 4.98 Å². The highest BCUT2D eigenvalue weighted by Crippen LogP contribution is 2.28. The summed E-state index contributed by atoms with van der Waals surface area (Å²) in [6, 6.07) is 8.27. The van der Waals surface area contributed by atoms with Crippen LogP contribution < -0.4 is 5.73 Å². The molecule has 0 saturated heterocycles. The highest BCUT2D eigenvalue weighted by molar-refractivity contribution is 7.10. The lowest BCUT2D eigenvalue weighted by atomic mass is 10.1. The van der Waals surface area contributed by atoms with Crippen molar-refractivity contribution in [2.24, 2.45) is 5.73 Å². The lowest BCUT2D eigenvalue weighted by molar-refractivity contribution is 0.551. The topological polar surface area (TPSA) is 38.9 Å². The molecule has 0 fully saturated rings. The quantitative estimate of drug-likeness (QED) is 0.862. The molecule has 2 rings (SSSR count). The fourth-order valence-electron chi connectivity index (χ4n) is 1.55. The van der Waals surface area contributed by atoms with Crippen LogP contribution in [0, 0.1) is 6.92 Å². The third kappa shape index (κ3) is 2.15. The third-order valence-electron chi connectivity index (χ3n) is 2.48. The molecular formula is C13H16N2S. The van der Waals surface area contributed by atoms with Gasteiger partial charge < -0.3 is 5.73 Å². The van der Waals surface area contributed by atoms with E-state index in [1.165, 1.54) is 11.1 Å². The van der Waals surface area contributed by atoms with Crippen LogP contribution in [0.15, 0.2) is 29.6 Å². The summed E-state index contributed by atoms with van der Waals surface area (Å²) < 4.78 is 0. The Morgan fingerprint density at radius 1 is 1.25 bits per heavy atom. The monoisotopic (exact) mass is 232 g/mol. The van der Waals surface area contributed by atoms with Gasteiger partial charge in [-0.15, -0.1) is 11.3 Å². The van der Waals surface area contributed by atoms with Gasteiger partial charge in [0.25, 0.3) is 0 Å². The van der Waals surface area contributed by atoms with Crippen molar-refractivity contribution in [3.63, 3.8) is 0 Å². The zero-order chi connectivity index (χ0) is 11.8. The Morgan fingerprint density at radius 2 is 1.94 bits per heavy atom. The fraction of sp³-hybridized carbons (Fsp3) is 0.308. The van der Waals surface area contributed by atoms with E-state index in [1.807, 2.05) is 26.0 Å². The molecule has 0 amide bonds.